The van der Waals surface area contributed by atoms with Gasteiger partial charge in [0, 0.05) is 17.6 Å². The molecule has 23 heavy (non-hydrogen) atoms. The number of fused-ring (bicyclic) bond motifs is 2. The number of phenols is 2. The van der Waals surface area contributed by atoms with Crippen LogP contribution in [0.1, 0.15) is 52.8 Å². The molecular weight excluding hydrogens is 296 g/mol. The van der Waals surface area contributed by atoms with Crippen LogP contribution in [0.25, 0.3) is 10.9 Å². The number of nitrogens with zero attached hydrogens (tertiary/aromatic N) is 2. The maximum atomic E-state index is 12.7. The Hall–Kier alpha value is -2.63. The number of benzene rings is 1. The van der Waals surface area contributed by atoms with Crippen molar-refractivity contribution in [2.45, 2.75) is 38.1 Å². The van der Waals surface area contributed by atoms with Crippen molar-refractivity contribution in [3.05, 3.63) is 29.5 Å². The van der Waals surface area contributed by atoms with Gasteiger partial charge in [0.2, 0.25) is 0 Å². The van der Waals surface area contributed by atoms with Crippen molar-refractivity contribution >= 4 is 22.7 Å². The third-order valence-corrected chi connectivity index (χ3v) is 4.82. The van der Waals surface area contributed by atoms with Crippen LogP contribution in [0.5, 0.6) is 11.5 Å². The summed E-state index contributed by atoms with van der Waals surface area (Å²) < 4.78 is 0. The van der Waals surface area contributed by atoms with E-state index in [-0.39, 0.29) is 39.6 Å². The Kier molecular flexibility index (Phi) is 3.01. The lowest BCUT2D eigenvalue weighted by molar-refractivity contribution is 0.0547. The number of amides is 2. The Morgan fingerprint density at radius 2 is 1.65 bits per heavy atom. The van der Waals surface area contributed by atoms with Gasteiger partial charge in [-0.2, -0.15) is 0 Å². The number of aromatic hydroxyl groups is 2. The molecule has 118 valence electrons. The second kappa shape index (κ2) is 4.94. The minimum absolute atomic E-state index is 0.0985. The summed E-state index contributed by atoms with van der Waals surface area (Å²) >= 11 is 0. The minimum atomic E-state index is -0.530. The summed E-state index contributed by atoms with van der Waals surface area (Å²) in [5.74, 6) is -1.66. The number of aromatic nitrogens is 1. The minimum Gasteiger partial charge on any atom is -0.506 e. The van der Waals surface area contributed by atoms with Gasteiger partial charge in [0.15, 0.2) is 5.75 Å². The van der Waals surface area contributed by atoms with Crippen molar-refractivity contribution in [2.24, 2.45) is 0 Å². The summed E-state index contributed by atoms with van der Waals surface area (Å²) in [6.07, 6.45) is 6.05. The highest BCUT2D eigenvalue weighted by Crippen LogP contribution is 2.44. The summed E-state index contributed by atoms with van der Waals surface area (Å²) in [6, 6.07) is 3.01. The van der Waals surface area contributed by atoms with Gasteiger partial charge in [-0.1, -0.05) is 19.3 Å². The van der Waals surface area contributed by atoms with Crippen LogP contribution in [0.3, 0.4) is 0 Å². The summed E-state index contributed by atoms with van der Waals surface area (Å²) in [6.45, 7) is 0. The fourth-order valence-electron chi connectivity index (χ4n) is 3.70. The normalized spacial score (nSPS) is 18.7. The summed E-state index contributed by atoms with van der Waals surface area (Å²) in [5.41, 5.74) is -0.0850. The zero-order valence-corrected chi connectivity index (χ0v) is 12.5. The second-order valence-corrected chi connectivity index (χ2v) is 6.12. The highest BCUT2D eigenvalue weighted by Gasteiger charge is 2.45. The lowest BCUT2D eigenvalue weighted by atomic mass is 9.94. The Balaban J connectivity index is 1.92. The Morgan fingerprint density at radius 3 is 2.35 bits per heavy atom. The number of hydrogen-bond acceptors (Lipinski definition) is 5. The Morgan fingerprint density at radius 1 is 1.00 bits per heavy atom. The zero-order valence-electron chi connectivity index (χ0n) is 12.5. The van der Waals surface area contributed by atoms with E-state index < -0.39 is 11.8 Å². The van der Waals surface area contributed by atoms with Gasteiger partial charge in [-0.3, -0.25) is 19.5 Å². The number of carbonyl (C=O) groups excluding carboxylic acids is 2. The van der Waals surface area contributed by atoms with Crippen molar-refractivity contribution in [1.29, 1.82) is 0 Å². The molecule has 2 aliphatic rings. The van der Waals surface area contributed by atoms with Gasteiger partial charge in [-0.25, -0.2) is 0 Å². The highest BCUT2D eigenvalue weighted by molar-refractivity contribution is 6.26. The second-order valence-electron chi connectivity index (χ2n) is 6.12. The number of carbonyl (C=O) groups is 2. The number of imide groups is 1. The molecular formula is C17H16N2O4. The van der Waals surface area contributed by atoms with E-state index in [2.05, 4.69) is 4.98 Å². The number of hydrogen-bond donors (Lipinski definition) is 2. The molecule has 0 saturated heterocycles. The van der Waals surface area contributed by atoms with Crippen LogP contribution in [0, 0.1) is 0 Å². The van der Waals surface area contributed by atoms with Crippen LogP contribution in [0.15, 0.2) is 18.3 Å². The van der Waals surface area contributed by atoms with Crippen molar-refractivity contribution in [3.8, 4) is 11.5 Å². The lowest BCUT2D eigenvalue weighted by Crippen LogP contribution is -2.40. The first-order valence-electron chi connectivity index (χ1n) is 7.81. The molecule has 1 fully saturated rings. The van der Waals surface area contributed by atoms with E-state index >= 15 is 0 Å². The molecule has 0 radical (unpaired) electrons. The SMILES string of the molecule is O=C1c2c(c(O)c3ncccc3c2O)C(=O)N1C1CCCCC1. The monoisotopic (exact) mass is 312 g/mol. The summed E-state index contributed by atoms with van der Waals surface area (Å²) in [7, 11) is 0. The third-order valence-electron chi connectivity index (χ3n) is 4.82. The first-order valence-corrected chi connectivity index (χ1v) is 7.81. The molecule has 0 atom stereocenters. The smallest absolute Gasteiger partial charge is 0.265 e. The average Bonchev–Trinajstić information content (AvgIpc) is 2.85. The van der Waals surface area contributed by atoms with Gasteiger partial charge in [-0.05, 0) is 25.0 Å². The Labute approximate surface area is 132 Å². The van der Waals surface area contributed by atoms with Crippen LogP contribution in [-0.2, 0) is 0 Å². The van der Waals surface area contributed by atoms with E-state index in [4.69, 9.17) is 0 Å². The fourth-order valence-corrected chi connectivity index (χ4v) is 3.70. The van der Waals surface area contributed by atoms with E-state index in [1.54, 1.807) is 12.1 Å². The van der Waals surface area contributed by atoms with Crippen molar-refractivity contribution in [2.75, 3.05) is 0 Å². The van der Waals surface area contributed by atoms with Crippen LogP contribution < -0.4 is 0 Å². The zero-order chi connectivity index (χ0) is 16.1. The molecule has 1 saturated carbocycles. The molecule has 1 aromatic carbocycles. The lowest BCUT2D eigenvalue weighted by Gasteiger charge is -2.29. The molecule has 0 spiro atoms. The maximum Gasteiger partial charge on any atom is 0.265 e. The molecule has 1 aliphatic heterocycles. The van der Waals surface area contributed by atoms with E-state index in [9.17, 15) is 19.8 Å². The predicted molar refractivity (Wildman–Crippen MR) is 82.4 cm³/mol. The highest BCUT2D eigenvalue weighted by atomic mass is 16.3. The van der Waals surface area contributed by atoms with Gasteiger partial charge in [0.1, 0.15) is 16.8 Å². The molecule has 4 rings (SSSR count). The predicted octanol–water partition coefficient (Wildman–Crippen LogP) is 2.57. The van der Waals surface area contributed by atoms with Crippen molar-refractivity contribution < 1.29 is 19.8 Å². The van der Waals surface area contributed by atoms with Gasteiger partial charge in [0.05, 0.1) is 5.56 Å². The van der Waals surface area contributed by atoms with E-state index in [1.165, 1.54) is 11.1 Å². The van der Waals surface area contributed by atoms with Crippen LogP contribution in [0.2, 0.25) is 0 Å². The van der Waals surface area contributed by atoms with Crippen LogP contribution >= 0.6 is 0 Å². The van der Waals surface area contributed by atoms with Gasteiger partial charge in [0.25, 0.3) is 11.8 Å². The molecule has 6 heteroatoms. The summed E-state index contributed by atoms with van der Waals surface area (Å²) in [5, 5.41) is 21.1. The number of phenolic OH excluding ortho intramolecular Hbond substituents is 2. The standard InChI is InChI=1S/C17H16N2O4/c20-14-10-7-4-8-18-13(10)15(21)12-11(14)16(22)19(17(12)23)9-5-2-1-3-6-9/h4,7-9,20-21H,1-3,5-6H2. The molecule has 2 N–H and O–H groups in total. The van der Waals surface area contributed by atoms with Crippen molar-refractivity contribution in [1.82, 2.24) is 9.88 Å². The van der Waals surface area contributed by atoms with Crippen molar-refractivity contribution in [3.63, 3.8) is 0 Å². The van der Waals surface area contributed by atoms with E-state index in [1.807, 2.05) is 0 Å². The molecule has 1 aliphatic carbocycles. The van der Waals surface area contributed by atoms with E-state index in [0.717, 1.165) is 32.1 Å². The number of pyridine rings is 1. The van der Waals surface area contributed by atoms with Gasteiger partial charge >= 0.3 is 0 Å². The fraction of sp³-hybridized carbons (Fsp3) is 0.353. The third kappa shape index (κ3) is 1.84. The Bertz CT molecular complexity index is 780. The van der Waals surface area contributed by atoms with E-state index in [0.29, 0.717) is 0 Å². The summed E-state index contributed by atoms with van der Waals surface area (Å²) in [4.78, 5) is 30.7. The quantitative estimate of drug-likeness (QED) is 0.624. The maximum absolute atomic E-state index is 12.7. The molecule has 0 bridgehead atoms. The van der Waals surface area contributed by atoms with Crippen LogP contribution in [0.4, 0.5) is 0 Å². The van der Waals surface area contributed by atoms with Crippen LogP contribution in [-0.4, -0.2) is 38.0 Å². The molecule has 2 aromatic rings. The number of rotatable bonds is 1. The molecule has 2 heterocycles. The molecule has 6 nitrogen and oxygen atoms in total. The molecule has 2 amide bonds. The first kappa shape index (κ1) is 14.0. The van der Waals surface area contributed by atoms with Gasteiger partial charge < -0.3 is 10.2 Å². The largest absolute Gasteiger partial charge is 0.506 e. The van der Waals surface area contributed by atoms with Gasteiger partial charge in [-0.15, -0.1) is 0 Å². The molecule has 1 aromatic heterocycles. The average molecular weight is 312 g/mol. The molecule has 0 unspecified atom stereocenters. The topological polar surface area (TPSA) is 90.7 Å². The first-order chi connectivity index (χ1) is 11.1.